The molecule has 4 heterocycles. The molecule has 2 aromatic carbocycles. The highest BCUT2D eigenvalue weighted by molar-refractivity contribution is 5.99. The average Bonchev–Trinajstić information content (AvgIpc) is 3.15. The van der Waals surface area contributed by atoms with Gasteiger partial charge in [-0.2, -0.15) is 0 Å². The molecule has 0 unspecified atom stereocenters. The van der Waals surface area contributed by atoms with Gasteiger partial charge in [-0.3, -0.25) is 9.69 Å². The minimum Gasteiger partial charge on any atom is -0.362 e. The van der Waals surface area contributed by atoms with Crippen molar-refractivity contribution in [2.24, 2.45) is 5.92 Å². The molecular weight excluding hydrogens is 393 g/mol. The number of nitrogens with one attached hydrogen (secondary N) is 1. The van der Waals surface area contributed by atoms with Crippen molar-refractivity contribution >= 4 is 16.8 Å². The van der Waals surface area contributed by atoms with Crippen LogP contribution in [-0.2, 0) is 16.0 Å². The quantitative estimate of drug-likeness (QED) is 0.646. The molecule has 2 saturated heterocycles. The van der Waals surface area contributed by atoms with E-state index in [1.807, 2.05) is 26.1 Å². The number of H-pyrrole nitrogens is 1. The number of rotatable bonds is 1. The maximum absolute atomic E-state index is 13.9. The number of nitrogens with zero attached hydrogens (tertiary/aromatic N) is 2. The lowest BCUT2D eigenvalue weighted by molar-refractivity contribution is -0.176. The predicted molar refractivity (Wildman–Crippen MR) is 117 cm³/mol. The van der Waals surface area contributed by atoms with Crippen LogP contribution in [0.25, 0.3) is 22.0 Å². The minimum atomic E-state index is -0.231. The monoisotopic (exact) mass is 419 g/mol. The molecule has 0 radical (unpaired) electrons. The first-order valence-electron chi connectivity index (χ1n) is 11.0. The molecule has 31 heavy (non-hydrogen) atoms. The molecule has 3 aliphatic heterocycles. The number of hydrogen-bond acceptors (Lipinski definition) is 3. The van der Waals surface area contributed by atoms with Crippen LogP contribution in [-0.4, -0.2) is 53.2 Å². The molecule has 0 spiro atoms. The molecule has 1 aromatic heterocycles. The average molecular weight is 420 g/mol. The van der Waals surface area contributed by atoms with E-state index in [4.69, 9.17) is 4.74 Å². The minimum absolute atomic E-state index is 0.0398. The van der Waals surface area contributed by atoms with Crippen molar-refractivity contribution < 1.29 is 13.9 Å². The number of halogens is 1. The third-order valence-electron chi connectivity index (χ3n) is 7.47. The zero-order valence-electron chi connectivity index (χ0n) is 17.8. The molecule has 6 heteroatoms. The predicted octanol–water partition coefficient (Wildman–Crippen LogP) is 4.10. The number of aromatic nitrogens is 1. The van der Waals surface area contributed by atoms with Gasteiger partial charge in [-0.15, -0.1) is 0 Å². The van der Waals surface area contributed by atoms with Crippen molar-refractivity contribution in [1.29, 1.82) is 0 Å². The summed E-state index contributed by atoms with van der Waals surface area (Å²) in [5.41, 5.74) is 5.39. The highest BCUT2D eigenvalue weighted by Gasteiger charge is 2.50. The molecule has 0 aliphatic carbocycles. The third-order valence-corrected chi connectivity index (χ3v) is 7.47. The number of benzene rings is 2. The number of piperidine rings is 1. The SMILES string of the molecule is C[C@@H]1OCN(C)[C@H]2C[C@H]3c4[nH]c5cccc(-c6cccc(F)c6)c5c4CCN3C(=O)[C@@H]12. The van der Waals surface area contributed by atoms with E-state index in [0.29, 0.717) is 13.3 Å². The first-order chi connectivity index (χ1) is 15.0. The van der Waals surface area contributed by atoms with E-state index >= 15 is 0 Å². The van der Waals surface area contributed by atoms with Crippen LogP contribution >= 0.6 is 0 Å². The third kappa shape index (κ3) is 2.78. The molecule has 3 aromatic rings. The van der Waals surface area contributed by atoms with E-state index < -0.39 is 0 Å². The fourth-order valence-corrected chi connectivity index (χ4v) is 5.96. The fourth-order valence-electron chi connectivity index (χ4n) is 5.96. The summed E-state index contributed by atoms with van der Waals surface area (Å²) >= 11 is 0. The maximum Gasteiger partial charge on any atom is 0.230 e. The number of carbonyl (C=O) groups is 1. The van der Waals surface area contributed by atoms with Crippen molar-refractivity contribution in [3.63, 3.8) is 0 Å². The van der Waals surface area contributed by atoms with Gasteiger partial charge in [-0.1, -0.05) is 24.3 Å². The van der Waals surface area contributed by atoms with E-state index in [2.05, 4.69) is 26.9 Å². The standard InChI is InChI=1S/C25H26FN3O2/c1-14-22-20(28(2)13-31-14)12-21-24-18(9-10-29(21)25(22)30)23-17(7-4-8-19(23)27-24)15-5-3-6-16(26)11-15/h3-8,11,14,20-22,27H,9-10,12-13H2,1-2H3/t14-,20-,21-,22-/m0/s1. The lowest BCUT2D eigenvalue weighted by Gasteiger charge is -2.51. The molecule has 160 valence electrons. The summed E-state index contributed by atoms with van der Waals surface area (Å²) in [4.78, 5) is 21.3. The summed E-state index contributed by atoms with van der Waals surface area (Å²) in [5.74, 6) is -0.135. The van der Waals surface area contributed by atoms with Crippen LogP contribution in [0.4, 0.5) is 4.39 Å². The van der Waals surface area contributed by atoms with Crippen LogP contribution in [0.2, 0.25) is 0 Å². The Labute approximate surface area is 180 Å². The van der Waals surface area contributed by atoms with Crippen molar-refractivity contribution in [3.05, 3.63) is 59.5 Å². The van der Waals surface area contributed by atoms with Crippen LogP contribution < -0.4 is 0 Å². The number of ether oxygens (including phenoxy) is 1. The number of fused-ring (bicyclic) bond motifs is 6. The number of carbonyl (C=O) groups excluding carboxylic acids is 1. The molecule has 3 aliphatic rings. The van der Waals surface area contributed by atoms with Crippen molar-refractivity contribution in [2.75, 3.05) is 20.3 Å². The summed E-state index contributed by atoms with van der Waals surface area (Å²) in [6, 6.07) is 13.2. The van der Waals surface area contributed by atoms with Crippen LogP contribution in [0, 0.1) is 11.7 Å². The van der Waals surface area contributed by atoms with Gasteiger partial charge in [0.25, 0.3) is 0 Å². The highest BCUT2D eigenvalue weighted by atomic mass is 19.1. The van der Waals surface area contributed by atoms with Gasteiger partial charge in [-0.25, -0.2) is 4.39 Å². The summed E-state index contributed by atoms with van der Waals surface area (Å²) in [6.07, 6.45) is 1.64. The second-order valence-corrected chi connectivity index (χ2v) is 9.14. The van der Waals surface area contributed by atoms with Gasteiger partial charge in [-0.05, 0) is 61.7 Å². The number of hydrogen-bond donors (Lipinski definition) is 1. The van der Waals surface area contributed by atoms with Crippen molar-refractivity contribution in [1.82, 2.24) is 14.8 Å². The Bertz CT molecular complexity index is 1190. The zero-order chi connectivity index (χ0) is 21.3. The van der Waals surface area contributed by atoms with E-state index in [9.17, 15) is 9.18 Å². The first-order valence-corrected chi connectivity index (χ1v) is 11.0. The largest absolute Gasteiger partial charge is 0.362 e. The second kappa shape index (κ2) is 6.90. The molecule has 6 rings (SSSR count). The maximum atomic E-state index is 13.9. The number of aromatic amines is 1. The fraction of sp³-hybridized carbons (Fsp3) is 0.400. The van der Waals surface area contributed by atoms with Crippen LogP contribution in [0.5, 0.6) is 0 Å². The lowest BCUT2D eigenvalue weighted by Crippen LogP contribution is -2.62. The summed E-state index contributed by atoms with van der Waals surface area (Å²) in [6.45, 7) is 3.29. The Morgan fingerprint density at radius 1 is 1.19 bits per heavy atom. The van der Waals surface area contributed by atoms with Crippen molar-refractivity contribution in [3.8, 4) is 11.1 Å². The Morgan fingerprint density at radius 2 is 2.03 bits per heavy atom. The molecule has 0 saturated carbocycles. The van der Waals surface area contributed by atoms with Crippen LogP contribution in [0.3, 0.4) is 0 Å². The van der Waals surface area contributed by atoms with Crippen LogP contribution in [0.15, 0.2) is 42.5 Å². The smallest absolute Gasteiger partial charge is 0.230 e. The number of amides is 1. The van der Waals surface area contributed by atoms with E-state index in [1.165, 1.54) is 11.6 Å². The Kier molecular flexibility index (Phi) is 4.24. The molecule has 4 atom stereocenters. The highest BCUT2D eigenvalue weighted by Crippen LogP contribution is 2.46. The van der Waals surface area contributed by atoms with Gasteiger partial charge >= 0.3 is 0 Å². The normalized spacial score (nSPS) is 28.4. The first kappa shape index (κ1) is 19.0. The Balaban J connectivity index is 1.48. The van der Waals surface area contributed by atoms with Gasteiger partial charge in [0.2, 0.25) is 5.91 Å². The second-order valence-electron chi connectivity index (χ2n) is 9.14. The summed E-state index contributed by atoms with van der Waals surface area (Å²) < 4.78 is 19.8. The topological polar surface area (TPSA) is 48.6 Å². The summed E-state index contributed by atoms with van der Waals surface area (Å²) in [5, 5.41) is 1.16. The van der Waals surface area contributed by atoms with E-state index in [-0.39, 0.29) is 35.8 Å². The molecule has 0 bridgehead atoms. The van der Waals surface area contributed by atoms with Gasteiger partial charge < -0.3 is 14.6 Å². The van der Waals surface area contributed by atoms with E-state index in [0.717, 1.165) is 40.6 Å². The molecular formula is C25H26FN3O2. The molecule has 1 amide bonds. The van der Waals surface area contributed by atoms with Crippen LogP contribution in [0.1, 0.15) is 30.6 Å². The van der Waals surface area contributed by atoms with Crippen molar-refractivity contribution in [2.45, 2.75) is 38.0 Å². The summed E-state index contributed by atoms with van der Waals surface area (Å²) in [7, 11) is 2.05. The lowest BCUT2D eigenvalue weighted by atomic mass is 9.78. The van der Waals surface area contributed by atoms with Gasteiger partial charge in [0.05, 0.1) is 24.8 Å². The van der Waals surface area contributed by atoms with Gasteiger partial charge in [0.15, 0.2) is 0 Å². The van der Waals surface area contributed by atoms with E-state index in [1.54, 1.807) is 12.1 Å². The molecule has 5 nitrogen and oxygen atoms in total. The molecule has 1 N–H and O–H groups in total. The Morgan fingerprint density at radius 3 is 2.87 bits per heavy atom. The zero-order valence-corrected chi connectivity index (χ0v) is 17.8. The molecule has 2 fully saturated rings. The Hall–Kier alpha value is -2.70. The van der Waals surface area contributed by atoms with Gasteiger partial charge in [0.1, 0.15) is 5.82 Å². The van der Waals surface area contributed by atoms with Gasteiger partial charge in [0, 0.05) is 29.2 Å².